The summed E-state index contributed by atoms with van der Waals surface area (Å²) in [5, 5.41) is 33.9. The number of anilines is 5. The third kappa shape index (κ3) is 3.10. The van der Waals surface area contributed by atoms with Crippen LogP contribution in [0, 0.1) is 0 Å². The van der Waals surface area contributed by atoms with E-state index in [1.54, 1.807) is 37.3 Å². The van der Waals surface area contributed by atoms with E-state index in [9.17, 15) is 24.9 Å². The quantitative estimate of drug-likeness (QED) is 0.201. The lowest BCUT2D eigenvalue weighted by atomic mass is 9.82. The Labute approximate surface area is 222 Å². The second-order valence-corrected chi connectivity index (χ2v) is 9.90. The van der Waals surface area contributed by atoms with Gasteiger partial charge in [0.1, 0.15) is 5.52 Å². The molecule has 1 aromatic heterocycles. The van der Waals surface area contributed by atoms with Crippen LogP contribution in [0.25, 0.3) is 22.1 Å². The van der Waals surface area contributed by atoms with Gasteiger partial charge < -0.3 is 25.5 Å². The second-order valence-electron chi connectivity index (χ2n) is 9.90. The van der Waals surface area contributed by atoms with Crippen molar-refractivity contribution in [2.45, 2.75) is 25.9 Å². The number of benzene rings is 4. The van der Waals surface area contributed by atoms with Crippen molar-refractivity contribution in [2.75, 3.05) is 10.2 Å². The fourth-order valence-corrected chi connectivity index (χ4v) is 5.95. The average molecular weight is 519 g/mol. The summed E-state index contributed by atoms with van der Waals surface area (Å²) in [5.74, 6) is -2.41. The molecule has 0 saturated heterocycles. The highest BCUT2D eigenvalue weighted by atomic mass is 16.4. The number of rotatable bonds is 3. The number of aliphatic hydroxyl groups excluding tert-OH is 1. The van der Waals surface area contributed by atoms with Crippen molar-refractivity contribution in [3.8, 4) is 0 Å². The molecule has 192 valence electrons. The number of aromatic nitrogens is 2. The highest BCUT2D eigenvalue weighted by Gasteiger charge is 2.38. The van der Waals surface area contributed by atoms with Crippen molar-refractivity contribution in [2.24, 2.45) is 0 Å². The Morgan fingerprint density at radius 2 is 1.64 bits per heavy atom. The highest BCUT2D eigenvalue weighted by Crippen LogP contribution is 2.58. The van der Waals surface area contributed by atoms with Crippen molar-refractivity contribution in [3.63, 3.8) is 0 Å². The number of fused-ring (bicyclic) bond motifs is 7. The first-order valence-electron chi connectivity index (χ1n) is 12.5. The number of nitrogens with one attached hydrogen (secondary N) is 1. The number of aliphatic hydroxyl groups is 1. The largest absolute Gasteiger partial charge is 0.478 e. The van der Waals surface area contributed by atoms with Crippen LogP contribution >= 0.6 is 0 Å². The van der Waals surface area contributed by atoms with Crippen LogP contribution in [0.2, 0.25) is 0 Å². The minimum Gasteiger partial charge on any atom is -0.478 e. The van der Waals surface area contributed by atoms with Crippen molar-refractivity contribution in [1.29, 1.82) is 0 Å². The Balaban J connectivity index is 1.65. The lowest BCUT2D eigenvalue weighted by Gasteiger charge is -2.42. The molecule has 2 aliphatic heterocycles. The third-order valence-corrected chi connectivity index (χ3v) is 7.68. The molecule has 3 heterocycles. The van der Waals surface area contributed by atoms with E-state index in [1.807, 2.05) is 36.1 Å². The van der Waals surface area contributed by atoms with Gasteiger partial charge in [0.15, 0.2) is 0 Å². The first-order chi connectivity index (χ1) is 18.8. The van der Waals surface area contributed by atoms with Crippen molar-refractivity contribution < 1.29 is 24.9 Å². The molecule has 0 amide bonds. The predicted molar refractivity (Wildman–Crippen MR) is 147 cm³/mol. The monoisotopic (exact) mass is 518 g/mol. The first-order valence-corrected chi connectivity index (χ1v) is 12.5. The lowest BCUT2D eigenvalue weighted by Crippen LogP contribution is -2.27. The number of carboxylic acid groups (broad SMARTS) is 2. The summed E-state index contributed by atoms with van der Waals surface area (Å²) >= 11 is 0. The van der Waals surface area contributed by atoms with E-state index in [4.69, 9.17) is 9.97 Å². The molecular weight excluding hydrogens is 496 g/mol. The Hall–Kier alpha value is -5.02. The molecule has 4 N–H and O–H groups in total. The maximum Gasteiger partial charge on any atom is 0.338 e. The summed E-state index contributed by atoms with van der Waals surface area (Å²) in [5.41, 5.74) is 7.33. The molecular formula is C30H22N4O5. The zero-order chi connectivity index (χ0) is 27.2. The van der Waals surface area contributed by atoms with E-state index in [2.05, 4.69) is 5.32 Å². The van der Waals surface area contributed by atoms with Gasteiger partial charge in [-0.3, -0.25) is 0 Å². The van der Waals surface area contributed by atoms with Crippen molar-refractivity contribution in [1.82, 2.24) is 9.97 Å². The van der Waals surface area contributed by atoms with Crippen LogP contribution in [0.5, 0.6) is 0 Å². The molecule has 39 heavy (non-hydrogen) atoms. The molecule has 7 rings (SSSR count). The summed E-state index contributed by atoms with van der Waals surface area (Å²) < 4.78 is 0. The number of para-hydroxylation sites is 3. The van der Waals surface area contributed by atoms with Crippen LogP contribution in [0.4, 0.5) is 28.4 Å². The number of hydrogen-bond donors (Lipinski definition) is 4. The Morgan fingerprint density at radius 3 is 2.38 bits per heavy atom. The summed E-state index contributed by atoms with van der Waals surface area (Å²) in [6.07, 6.45) is -0.797. The van der Waals surface area contributed by atoms with Gasteiger partial charge in [-0.15, -0.1) is 0 Å². The summed E-state index contributed by atoms with van der Waals surface area (Å²) in [6, 6.07) is 17.7. The van der Waals surface area contributed by atoms with E-state index in [0.29, 0.717) is 39.2 Å². The Morgan fingerprint density at radius 1 is 0.897 bits per heavy atom. The lowest BCUT2D eigenvalue weighted by molar-refractivity contribution is 0.0687. The van der Waals surface area contributed by atoms with Gasteiger partial charge in [0.2, 0.25) is 0 Å². The Kier molecular flexibility index (Phi) is 4.74. The molecule has 9 heteroatoms. The van der Waals surface area contributed by atoms with Gasteiger partial charge in [0.25, 0.3) is 0 Å². The molecule has 2 aliphatic rings. The van der Waals surface area contributed by atoms with E-state index in [1.165, 1.54) is 6.07 Å². The van der Waals surface area contributed by atoms with Crippen LogP contribution in [-0.4, -0.2) is 37.2 Å². The predicted octanol–water partition coefficient (Wildman–Crippen LogP) is 6.22. The fourth-order valence-electron chi connectivity index (χ4n) is 5.95. The molecule has 5 aromatic rings. The number of carboxylic acids is 2. The number of carbonyl (C=O) groups is 2. The first kappa shape index (κ1) is 23.1. The zero-order valence-electron chi connectivity index (χ0n) is 20.9. The van der Waals surface area contributed by atoms with Crippen LogP contribution in [0.15, 0.2) is 60.7 Å². The van der Waals surface area contributed by atoms with E-state index >= 15 is 0 Å². The maximum atomic E-state index is 12.6. The third-order valence-electron chi connectivity index (χ3n) is 7.68. The van der Waals surface area contributed by atoms with Crippen LogP contribution in [0.3, 0.4) is 0 Å². The van der Waals surface area contributed by atoms with Crippen molar-refractivity contribution >= 4 is 62.4 Å². The van der Waals surface area contributed by atoms with Crippen molar-refractivity contribution in [3.05, 3.63) is 88.5 Å². The molecule has 0 aliphatic carbocycles. The smallest absolute Gasteiger partial charge is 0.338 e. The van der Waals surface area contributed by atoms with Crippen LogP contribution in [-0.2, 0) is 0 Å². The second kappa shape index (κ2) is 7.99. The van der Waals surface area contributed by atoms with Gasteiger partial charge in [0.05, 0.1) is 62.2 Å². The normalized spacial score (nSPS) is 15.8. The molecule has 2 unspecified atom stereocenters. The number of hydrogen-bond acceptors (Lipinski definition) is 7. The summed E-state index contributed by atoms with van der Waals surface area (Å²) in [4.78, 5) is 36.3. The molecule has 2 atom stereocenters. The van der Waals surface area contributed by atoms with E-state index in [0.717, 1.165) is 22.5 Å². The summed E-state index contributed by atoms with van der Waals surface area (Å²) in [7, 11) is 0. The van der Waals surface area contributed by atoms with Crippen LogP contribution in [0.1, 0.15) is 63.3 Å². The molecule has 0 bridgehead atoms. The van der Waals surface area contributed by atoms with Gasteiger partial charge >= 0.3 is 11.9 Å². The number of aromatic carboxylic acids is 2. The number of nitrogens with zero attached hydrogens (tertiary/aromatic N) is 3. The van der Waals surface area contributed by atoms with Gasteiger partial charge in [-0.2, -0.15) is 0 Å². The van der Waals surface area contributed by atoms with E-state index in [-0.39, 0.29) is 22.6 Å². The van der Waals surface area contributed by atoms with Gasteiger partial charge in [0, 0.05) is 17.0 Å². The van der Waals surface area contributed by atoms with E-state index < -0.39 is 18.0 Å². The molecule has 0 saturated carbocycles. The summed E-state index contributed by atoms with van der Waals surface area (Å²) in [6.45, 7) is 3.70. The van der Waals surface area contributed by atoms with Gasteiger partial charge in [-0.25, -0.2) is 19.6 Å². The van der Waals surface area contributed by atoms with Gasteiger partial charge in [-0.05, 0) is 42.8 Å². The fraction of sp³-hybridized carbons (Fsp3) is 0.133. The minimum absolute atomic E-state index is 0.0109. The minimum atomic E-state index is -1.15. The molecule has 9 nitrogen and oxygen atoms in total. The van der Waals surface area contributed by atoms with Gasteiger partial charge in [-0.1, -0.05) is 37.3 Å². The SMILES string of the molecule is CC(O)c1cccc2nc3c(C(=O)O)cc4c(c3nc12)C(C)c1cccc2c1N4c1cccc(C(=O)O)c1N2. The molecule has 0 fully saturated rings. The topological polar surface area (TPSA) is 136 Å². The maximum absolute atomic E-state index is 12.6. The molecule has 0 radical (unpaired) electrons. The molecule has 4 aromatic carbocycles. The standard InChI is InChI=1S/C30H22N4O5/c1-13-15-6-3-10-20-28(15)34(21-11-5-8-17(29(36)37)25(21)32-20)22-12-18(30(38)39)26-27(23(13)22)33-24-16(14(2)35)7-4-9-19(24)31-26/h3-14,32,35H,1-2H3,(H,36,37)(H,38,39). The average Bonchev–Trinajstić information content (AvgIpc) is 2.92. The highest BCUT2D eigenvalue weighted by molar-refractivity contribution is 6.12. The molecule has 0 spiro atoms. The zero-order valence-corrected chi connectivity index (χ0v) is 20.9. The Bertz CT molecular complexity index is 1920. The van der Waals surface area contributed by atoms with Crippen LogP contribution < -0.4 is 10.2 Å².